The van der Waals surface area contributed by atoms with Crippen LogP contribution in [-0.4, -0.2) is 19.0 Å². The molecular weight excluding hydrogens is 306 g/mol. The third-order valence-corrected chi connectivity index (χ3v) is 4.14. The maximum atomic E-state index is 13.0. The molecule has 5 nitrogen and oxygen atoms in total. The van der Waals surface area contributed by atoms with Crippen LogP contribution in [-0.2, 0) is 0 Å². The van der Waals surface area contributed by atoms with E-state index in [0.29, 0.717) is 23.4 Å². The first-order chi connectivity index (χ1) is 11.6. The summed E-state index contributed by atoms with van der Waals surface area (Å²) >= 11 is 0. The van der Waals surface area contributed by atoms with Crippen LogP contribution in [0.5, 0.6) is 5.75 Å². The summed E-state index contributed by atoms with van der Waals surface area (Å²) in [5.74, 6) is -1.09. The van der Waals surface area contributed by atoms with E-state index >= 15 is 0 Å². The van der Waals surface area contributed by atoms with Gasteiger partial charge in [-0.1, -0.05) is 30.3 Å². The first-order valence-corrected chi connectivity index (χ1v) is 7.51. The average molecular weight is 322 g/mol. The van der Waals surface area contributed by atoms with Gasteiger partial charge in [-0.05, 0) is 24.1 Å². The molecule has 0 aromatic heterocycles. The Labute approximate surface area is 139 Å². The highest BCUT2D eigenvalue weighted by molar-refractivity contribution is 6.16. The predicted octanol–water partition coefficient (Wildman–Crippen LogP) is 2.34. The van der Waals surface area contributed by atoms with E-state index in [1.165, 1.54) is 6.07 Å². The SMILES string of the molecule is C=CC[C@@H]1c2cccc(C(=O)[O-])c2C(=O)N1c1cccc(OC)c1. The fourth-order valence-electron chi connectivity index (χ4n) is 3.11. The summed E-state index contributed by atoms with van der Waals surface area (Å²) in [7, 11) is 1.55. The Bertz CT molecular complexity index is 828. The molecule has 24 heavy (non-hydrogen) atoms. The molecule has 0 fully saturated rings. The summed E-state index contributed by atoms with van der Waals surface area (Å²) in [4.78, 5) is 25.9. The van der Waals surface area contributed by atoms with Gasteiger partial charge in [0.1, 0.15) is 5.75 Å². The maximum Gasteiger partial charge on any atom is 0.259 e. The molecule has 1 aliphatic rings. The highest BCUT2D eigenvalue weighted by Crippen LogP contribution is 2.41. The quantitative estimate of drug-likeness (QED) is 0.792. The minimum atomic E-state index is -1.36. The van der Waals surface area contributed by atoms with Gasteiger partial charge in [-0.2, -0.15) is 0 Å². The molecule has 1 aliphatic heterocycles. The molecule has 3 rings (SSSR count). The third kappa shape index (κ3) is 2.44. The molecule has 1 heterocycles. The van der Waals surface area contributed by atoms with Crippen LogP contribution < -0.4 is 14.7 Å². The zero-order valence-electron chi connectivity index (χ0n) is 13.2. The second-order valence-electron chi connectivity index (χ2n) is 5.47. The number of hydrogen-bond donors (Lipinski definition) is 0. The highest BCUT2D eigenvalue weighted by atomic mass is 16.5. The summed E-state index contributed by atoms with van der Waals surface area (Å²) < 4.78 is 5.22. The lowest BCUT2D eigenvalue weighted by Crippen LogP contribution is -2.29. The van der Waals surface area contributed by atoms with Crippen molar-refractivity contribution in [2.24, 2.45) is 0 Å². The van der Waals surface area contributed by atoms with Crippen molar-refractivity contribution < 1.29 is 19.4 Å². The van der Waals surface area contributed by atoms with Crippen molar-refractivity contribution in [1.29, 1.82) is 0 Å². The maximum absolute atomic E-state index is 13.0. The molecule has 0 bridgehead atoms. The summed E-state index contributed by atoms with van der Waals surface area (Å²) in [6.07, 6.45) is 2.22. The van der Waals surface area contributed by atoms with Crippen molar-refractivity contribution >= 4 is 17.6 Å². The fraction of sp³-hybridized carbons (Fsp3) is 0.158. The molecular formula is C19H16NO4-. The second-order valence-corrected chi connectivity index (χ2v) is 5.47. The van der Waals surface area contributed by atoms with Crippen molar-refractivity contribution in [3.8, 4) is 5.75 Å². The number of methoxy groups -OCH3 is 1. The minimum absolute atomic E-state index is 0.0861. The summed E-state index contributed by atoms with van der Waals surface area (Å²) in [6.45, 7) is 3.75. The standard InChI is InChI=1S/C19H17NO4/c1-3-6-16-14-9-5-10-15(19(22)23)17(14)18(21)20(16)12-7-4-8-13(11-12)24-2/h3-5,7-11,16H,1,6H2,2H3,(H,22,23)/p-1/t16-/m1/s1. The number of carbonyl (C=O) groups is 2. The Balaban J connectivity index is 2.17. The number of hydrogen-bond acceptors (Lipinski definition) is 4. The molecule has 1 amide bonds. The van der Waals surface area contributed by atoms with Gasteiger partial charge >= 0.3 is 0 Å². The van der Waals surface area contributed by atoms with E-state index < -0.39 is 5.97 Å². The van der Waals surface area contributed by atoms with E-state index in [9.17, 15) is 14.7 Å². The summed E-state index contributed by atoms with van der Waals surface area (Å²) in [6, 6.07) is 11.6. The van der Waals surface area contributed by atoms with Crippen molar-refractivity contribution in [3.05, 3.63) is 71.8 Å². The number of rotatable bonds is 5. The second kappa shape index (κ2) is 6.20. The van der Waals surface area contributed by atoms with Crippen LogP contribution in [0.25, 0.3) is 0 Å². The summed E-state index contributed by atoms with van der Waals surface area (Å²) in [5.41, 5.74) is 1.42. The van der Waals surface area contributed by atoms with Gasteiger partial charge in [0.15, 0.2) is 0 Å². The van der Waals surface area contributed by atoms with E-state index in [1.807, 2.05) is 0 Å². The highest BCUT2D eigenvalue weighted by Gasteiger charge is 2.38. The number of carbonyl (C=O) groups excluding carboxylic acids is 2. The third-order valence-electron chi connectivity index (χ3n) is 4.14. The van der Waals surface area contributed by atoms with Crippen LogP contribution in [0.3, 0.4) is 0 Å². The number of amides is 1. The number of carboxylic acid groups (broad SMARTS) is 1. The monoisotopic (exact) mass is 322 g/mol. The molecule has 2 aromatic rings. The molecule has 0 saturated heterocycles. The van der Waals surface area contributed by atoms with Crippen molar-refractivity contribution in [1.82, 2.24) is 0 Å². The predicted molar refractivity (Wildman–Crippen MR) is 88.1 cm³/mol. The van der Waals surface area contributed by atoms with Gasteiger partial charge in [-0.25, -0.2) is 0 Å². The van der Waals surface area contributed by atoms with Crippen molar-refractivity contribution in [2.75, 3.05) is 12.0 Å². The molecule has 5 heteroatoms. The Kier molecular flexibility index (Phi) is 4.08. The van der Waals surface area contributed by atoms with E-state index in [2.05, 4.69) is 6.58 Å². The van der Waals surface area contributed by atoms with Gasteiger partial charge in [-0.15, -0.1) is 6.58 Å². The molecule has 0 unspecified atom stereocenters. The lowest BCUT2D eigenvalue weighted by atomic mass is 9.98. The number of fused-ring (bicyclic) bond motifs is 1. The van der Waals surface area contributed by atoms with Crippen LogP contribution in [0.1, 0.15) is 38.7 Å². The molecule has 122 valence electrons. The van der Waals surface area contributed by atoms with Gasteiger partial charge in [0.05, 0.1) is 24.7 Å². The lowest BCUT2D eigenvalue weighted by molar-refractivity contribution is -0.255. The number of ether oxygens (including phenoxy) is 1. The molecule has 0 radical (unpaired) electrons. The average Bonchev–Trinajstić information content (AvgIpc) is 2.87. The van der Waals surface area contributed by atoms with Gasteiger partial charge in [0, 0.05) is 17.3 Å². The lowest BCUT2D eigenvalue weighted by Gasteiger charge is -2.25. The molecule has 1 atom stereocenters. The van der Waals surface area contributed by atoms with Crippen LogP contribution in [0.2, 0.25) is 0 Å². The molecule has 0 N–H and O–H groups in total. The largest absolute Gasteiger partial charge is 0.545 e. The topological polar surface area (TPSA) is 69.7 Å². The van der Waals surface area contributed by atoms with E-state index in [1.54, 1.807) is 54.5 Å². The molecule has 0 spiro atoms. The Morgan fingerprint density at radius 3 is 2.75 bits per heavy atom. The van der Waals surface area contributed by atoms with Crippen LogP contribution in [0.4, 0.5) is 5.69 Å². The first kappa shape index (κ1) is 15.8. The van der Waals surface area contributed by atoms with Gasteiger partial charge in [0.25, 0.3) is 5.91 Å². The van der Waals surface area contributed by atoms with Crippen LogP contribution in [0.15, 0.2) is 55.1 Å². The Morgan fingerprint density at radius 2 is 2.08 bits per heavy atom. The van der Waals surface area contributed by atoms with Gasteiger partial charge in [-0.3, -0.25) is 4.79 Å². The zero-order chi connectivity index (χ0) is 17.3. The minimum Gasteiger partial charge on any atom is -0.545 e. The smallest absolute Gasteiger partial charge is 0.259 e. The van der Waals surface area contributed by atoms with E-state index in [4.69, 9.17) is 4.74 Å². The number of benzene rings is 2. The van der Waals surface area contributed by atoms with Crippen molar-refractivity contribution in [3.63, 3.8) is 0 Å². The molecule has 0 saturated carbocycles. The Hall–Kier alpha value is -3.08. The zero-order valence-corrected chi connectivity index (χ0v) is 13.2. The number of aromatic carboxylic acids is 1. The van der Waals surface area contributed by atoms with Crippen LogP contribution in [0, 0.1) is 0 Å². The first-order valence-electron chi connectivity index (χ1n) is 7.51. The Morgan fingerprint density at radius 1 is 1.33 bits per heavy atom. The normalized spacial score (nSPS) is 16.0. The van der Waals surface area contributed by atoms with Crippen molar-refractivity contribution in [2.45, 2.75) is 12.5 Å². The fourth-order valence-corrected chi connectivity index (χ4v) is 3.11. The summed E-state index contributed by atoms with van der Waals surface area (Å²) in [5, 5.41) is 11.4. The molecule has 0 aliphatic carbocycles. The van der Waals surface area contributed by atoms with Crippen LogP contribution >= 0.6 is 0 Å². The van der Waals surface area contributed by atoms with E-state index in [0.717, 1.165) is 0 Å². The van der Waals surface area contributed by atoms with E-state index in [-0.39, 0.29) is 23.1 Å². The number of nitrogens with zero attached hydrogens (tertiary/aromatic N) is 1. The molecule has 2 aromatic carbocycles. The number of anilines is 1. The van der Waals surface area contributed by atoms with Gasteiger partial charge < -0.3 is 19.5 Å². The van der Waals surface area contributed by atoms with Gasteiger partial charge in [0.2, 0.25) is 0 Å². The number of carboxylic acids is 1.